The number of hydrogen-bond acceptors (Lipinski definition) is 6. The molecular formula is C12H12N3NaO6S. The minimum absolute atomic E-state index is 0. The normalized spacial score (nSPS) is 22.9. The predicted octanol–water partition coefficient (Wildman–Crippen LogP) is -3.33. The van der Waals surface area contributed by atoms with Crippen LogP contribution in [0.3, 0.4) is 0 Å². The number of nitrogens with zero attached hydrogens (tertiary/aromatic N) is 2. The van der Waals surface area contributed by atoms with E-state index in [1.54, 1.807) is 6.07 Å². The van der Waals surface area contributed by atoms with Crippen molar-refractivity contribution in [2.24, 2.45) is 0 Å². The predicted molar refractivity (Wildman–Crippen MR) is 72.6 cm³/mol. The van der Waals surface area contributed by atoms with E-state index in [-0.39, 0.29) is 48.3 Å². The third-order valence-corrected chi connectivity index (χ3v) is 4.67. The van der Waals surface area contributed by atoms with Gasteiger partial charge in [0, 0.05) is 18.3 Å². The van der Waals surface area contributed by atoms with Crippen molar-refractivity contribution in [2.45, 2.75) is 18.5 Å². The zero-order chi connectivity index (χ0) is 16.1. The molecule has 2 saturated heterocycles. The summed E-state index contributed by atoms with van der Waals surface area (Å²) in [4.78, 5) is 25.1. The SMILES string of the molecule is O=C(Nc1cccc(O)c1)N1CC[C@@H]2[C@H]1C(=O)N2S(=O)(=O)[O-].[Na+]. The molecule has 0 unspecified atom stereocenters. The first-order valence-electron chi connectivity index (χ1n) is 6.45. The van der Waals surface area contributed by atoms with Crippen molar-refractivity contribution in [3.8, 4) is 5.75 Å². The first-order chi connectivity index (χ1) is 10.3. The first-order valence-corrected chi connectivity index (χ1v) is 7.81. The molecule has 0 radical (unpaired) electrons. The van der Waals surface area contributed by atoms with E-state index < -0.39 is 34.3 Å². The van der Waals surface area contributed by atoms with E-state index >= 15 is 0 Å². The zero-order valence-corrected chi connectivity index (χ0v) is 15.0. The summed E-state index contributed by atoms with van der Waals surface area (Å²) in [5.74, 6) is -0.913. The van der Waals surface area contributed by atoms with Gasteiger partial charge < -0.3 is 19.9 Å². The van der Waals surface area contributed by atoms with Crippen molar-refractivity contribution < 1.29 is 57.2 Å². The van der Waals surface area contributed by atoms with Crippen LogP contribution < -0.4 is 34.9 Å². The van der Waals surface area contributed by atoms with Gasteiger partial charge in [0.05, 0.1) is 6.04 Å². The van der Waals surface area contributed by atoms with Crippen LogP contribution in [-0.4, -0.2) is 57.8 Å². The Hall–Kier alpha value is -1.33. The van der Waals surface area contributed by atoms with Crippen LogP contribution in [0.25, 0.3) is 0 Å². The van der Waals surface area contributed by atoms with Gasteiger partial charge >= 0.3 is 35.6 Å². The third kappa shape index (κ3) is 3.17. The second-order valence-corrected chi connectivity index (χ2v) is 6.32. The van der Waals surface area contributed by atoms with Crippen LogP contribution in [0, 0.1) is 0 Å². The number of aromatic hydroxyl groups is 1. The Morgan fingerprint density at radius 2 is 2.09 bits per heavy atom. The molecule has 23 heavy (non-hydrogen) atoms. The molecule has 2 aliphatic heterocycles. The number of fused-ring (bicyclic) bond motifs is 1. The zero-order valence-electron chi connectivity index (χ0n) is 12.2. The number of phenols is 1. The van der Waals surface area contributed by atoms with Gasteiger partial charge in [-0.1, -0.05) is 6.07 Å². The van der Waals surface area contributed by atoms with Gasteiger partial charge in [-0.05, 0) is 18.6 Å². The number of benzene rings is 1. The van der Waals surface area contributed by atoms with E-state index in [0.29, 0.717) is 9.99 Å². The van der Waals surface area contributed by atoms with Gasteiger partial charge in [-0.15, -0.1) is 0 Å². The van der Waals surface area contributed by atoms with Crippen molar-refractivity contribution in [1.82, 2.24) is 9.21 Å². The van der Waals surface area contributed by atoms with E-state index in [2.05, 4.69) is 5.32 Å². The van der Waals surface area contributed by atoms with Crippen molar-refractivity contribution in [2.75, 3.05) is 11.9 Å². The minimum Gasteiger partial charge on any atom is -0.731 e. The van der Waals surface area contributed by atoms with Crippen LogP contribution in [-0.2, 0) is 15.1 Å². The molecule has 0 aromatic heterocycles. The summed E-state index contributed by atoms with van der Waals surface area (Å²) in [6.45, 7) is 0.164. The third-order valence-electron chi connectivity index (χ3n) is 3.74. The Bertz CT molecular complexity index is 755. The maximum atomic E-state index is 12.2. The summed E-state index contributed by atoms with van der Waals surface area (Å²) in [6.07, 6.45) is 0.228. The number of carbonyl (C=O) groups is 2. The molecule has 9 nitrogen and oxygen atoms in total. The topological polar surface area (TPSA) is 130 Å². The van der Waals surface area contributed by atoms with Crippen LogP contribution in [0.5, 0.6) is 5.75 Å². The molecule has 0 spiro atoms. The van der Waals surface area contributed by atoms with E-state index in [1.165, 1.54) is 23.1 Å². The summed E-state index contributed by atoms with van der Waals surface area (Å²) in [6, 6.07) is 3.57. The van der Waals surface area contributed by atoms with Gasteiger partial charge in [0.25, 0.3) is 5.91 Å². The van der Waals surface area contributed by atoms with E-state index in [1.807, 2.05) is 0 Å². The van der Waals surface area contributed by atoms with Crippen molar-refractivity contribution in [1.29, 1.82) is 0 Å². The molecule has 2 heterocycles. The Labute approximate surface area is 154 Å². The van der Waals surface area contributed by atoms with Crippen LogP contribution in [0.1, 0.15) is 6.42 Å². The number of hydrogen-bond donors (Lipinski definition) is 2. The molecule has 2 fully saturated rings. The molecule has 3 amide bonds. The number of carbonyl (C=O) groups excluding carboxylic acids is 2. The Balaban J connectivity index is 0.00000192. The second-order valence-electron chi connectivity index (χ2n) is 5.07. The fraction of sp³-hybridized carbons (Fsp3) is 0.333. The van der Waals surface area contributed by atoms with Crippen LogP contribution in [0.2, 0.25) is 0 Å². The number of β-lactam (4-membered cyclic amide) rings is 1. The van der Waals surface area contributed by atoms with Crippen molar-refractivity contribution >= 4 is 27.9 Å². The van der Waals surface area contributed by atoms with Gasteiger partial charge in [-0.25, -0.2) is 17.5 Å². The number of rotatable bonds is 2. The molecule has 2 N–H and O–H groups in total. The van der Waals surface area contributed by atoms with Gasteiger partial charge in [0.2, 0.25) is 0 Å². The molecule has 118 valence electrons. The summed E-state index contributed by atoms with van der Waals surface area (Å²) in [5, 5.41) is 11.8. The molecule has 0 saturated carbocycles. The molecule has 0 bridgehead atoms. The Kier molecular flexibility index (Phi) is 4.92. The van der Waals surface area contributed by atoms with Gasteiger partial charge in [-0.3, -0.25) is 4.79 Å². The largest absolute Gasteiger partial charge is 1.00 e. The molecule has 2 atom stereocenters. The summed E-state index contributed by atoms with van der Waals surface area (Å²) in [7, 11) is -4.84. The van der Waals surface area contributed by atoms with Crippen molar-refractivity contribution in [3.63, 3.8) is 0 Å². The van der Waals surface area contributed by atoms with Crippen molar-refractivity contribution in [3.05, 3.63) is 24.3 Å². The summed E-state index contributed by atoms with van der Waals surface area (Å²) >= 11 is 0. The molecular weight excluding hydrogens is 337 g/mol. The number of likely N-dealkylation sites (tertiary alicyclic amines) is 1. The van der Waals surface area contributed by atoms with Gasteiger partial charge in [0.15, 0.2) is 10.3 Å². The van der Waals surface area contributed by atoms with Crippen LogP contribution >= 0.6 is 0 Å². The average Bonchev–Trinajstić information content (AvgIpc) is 2.75. The fourth-order valence-electron chi connectivity index (χ4n) is 2.81. The molecule has 0 aliphatic carbocycles. The number of amides is 3. The molecule has 11 heteroatoms. The molecule has 1 aromatic rings. The molecule has 2 aliphatic rings. The smallest absolute Gasteiger partial charge is 0.731 e. The maximum absolute atomic E-state index is 12.2. The van der Waals surface area contributed by atoms with Crippen LogP contribution in [0.15, 0.2) is 24.3 Å². The minimum atomic E-state index is -4.84. The number of nitrogens with one attached hydrogen (secondary N) is 1. The standard InChI is InChI=1S/C12H13N3O6S.Na/c16-8-3-1-2-7(6-8)13-12(18)14-5-4-9-10(14)11(17)15(9)22(19,20)21;/h1-3,6,9-10,16H,4-5H2,(H,13,18)(H,19,20,21);/q;+1/p-1/t9-,10+;/m1./s1. The maximum Gasteiger partial charge on any atom is 1.00 e. The first kappa shape index (κ1) is 18.0. The van der Waals surface area contributed by atoms with E-state index in [9.17, 15) is 27.7 Å². The summed E-state index contributed by atoms with van der Waals surface area (Å²) < 4.78 is 33.2. The summed E-state index contributed by atoms with van der Waals surface area (Å²) in [5.41, 5.74) is 0.341. The number of phenolic OH excluding ortho intramolecular Hbond substituents is 1. The van der Waals surface area contributed by atoms with E-state index in [4.69, 9.17) is 0 Å². The van der Waals surface area contributed by atoms with Gasteiger partial charge in [0.1, 0.15) is 11.8 Å². The van der Waals surface area contributed by atoms with E-state index in [0.717, 1.165) is 0 Å². The number of anilines is 1. The quantitative estimate of drug-likeness (QED) is 0.326. The Morgan fingerprint density at radius 3 is 2.70 bits per heavy atom. The Morgan fingerprint density at radius 1 is 1.39 bits per heavy atom. The van der Waals surface area contributed by atoms with Crippen LogP contribution in [0.4, 0.5) is 10.5 Å². The second kappa shape index (κ2) is 6.29. The fourth-order valence-corrected chi connectivity index (χ4v) is 3.69. The number of urea groups is 1. The molecule has 1 aromatic carbocycles. The monoisotopic (exact) mass is 349 g/mol. The average molecular weight is 349 g/mol. The molecule has 3 rings (SSSR count). The van der Waals surface area contributed by atoms with Gasteiger partial charge in [-0.2, -0.15) is 0 Å².